The third-order valence-corrected chi connectivity index (χ3v) is 5.07. The van der Waals surface area contributed by atoms with E-state index in [1.54, 1.807) is 36.4 Å². The number of nitrogens with one attached hydrogen (secondary N) is 1. The number of carbonyl (C=O) groups is 2. The summed E-state index contributed by atoms with van der Waals surface area (Å²) in [6.45, 7) is 0. The van der Waals surface area contributed by atoms with Crippen LogP contribution in [0.25, 0.3) is 6.08 Å². The number of nitro groups is 1. The number of ether oxygens (including phenoxy) is 1. The van der Waals surface area contributed by atoms with Crippen LogP contribution in [0.1, 0.15) is 16.5 Å². The molecule has 0 bridgehead atoms. The molecule has 2 aromatic carbocycles. The first-order valence-corrected chi connectivity index (χ1v) is 9.92. The maximum atomic E-state index is 12.8. The van der Waals surface area contributed by atoms with Gasteiger partial charge < -0.3 is 10.1 Å². The van der Waals surface area contributed by atoms with Crippen LogP contribution in [-0.4, -0.2) is 16.8 Å². The van der Waals surface area contributed by atoms with Crippen LogP contribution in [0.3, 0.4) is 0 Å². The quantitative estimate of drug-likeness (QED) is 0.233. The fourth-order valence-corrected chi connectivity index (χ4v) is 3.35. The average molecular weight is 443 g/mol. The number of hydrogen-bond donors (Lipinski definition) is 1. The molecule has 0 aliphatic rings. The Hall–Kier alpha value is -3.49. The van der Waals surface area contributed by atoms with Crippen molar-refractivity contribution in [1.29, 1.82) is 0 Å². The van der Waals surface area contributed by atoms with Crippen LogP contribution >= 0.6 is 22.9 Å². The van der Waals surface area contributed by atoms with Crippen molar-refractivity contribution < 1.29 is 19.2 Å². The summed E-state index contributed by atoms with van der Waals surface area (Å²) in [5.74, 6) is -1.34. The number of benzene rings is 2. The number of esters is 1. The van der Waals surface area contributed by atoms with Gasteiger partial charge in [-0.25, -0.2) is 4.79 Å². The standard InChI is InChI=1S/C21H15ClN2O5S/c22-17-13-15(24(27)28)8-10-18(17)23-21(26)20(14-5-2-1-3-6-14)29-19(25)11-9-16-7-4-12-30-16/h1-13,20H,(H,23,26)/b11-9+. The molecule has 30 heavy (non-hydrogen) atoms. The first-order chi connectivity index (χ1) is 14.4. The highest BCUT2D eigenvalue weighted by Gasteiger charge is 2.25. The number of rotatable bonds is 7. The Morgan fingerprint density at radius 2 is 1.90 bits per heavy atom. The molecule has 0 saturated heterocycles. The molecular formula is C21H15ClN2O5S. The molecule has 9 heteroatoms. The molecule has 7 nitrogen and oxygen atoms in total. The summed E-state index contributed by atoms with van der Waals surface area (Å²) in [4.78, 5) is 36.2. The summed E-state index contributed by atoms with van der Waals surface area (Å²) in [5, 5.41) is 15.3. The van der Waals surface area contributed by atoms with Crippen LogP contribution in [0.4, 0.5) is 11.4 Å². The monoisotopic (exact) mass is 442 g/mol. The molecule has 0 saturated carbocycles. The Morgan fingerprint density at radius 1 is 1.13 bits per heavy atom. The molecule has 3 rings (SSSR count). The van der Waals surface area contributed by atoms with Crippen molar-refractivity contribution >= 4 is 52.3 Å². The van der Waals surface area contributed by atoms with Gasteiger partial charge in [0.25, 0.3) is 11.6 Å². The molecule has 3 aromatic rings. The number of amides is 1. The molecule has 1 atom stereocenters. The lowest BCUT2D eigenvalue weighted by Crippen LogP contribution is -2.25. The second kappa shape index (κ2) is 9.82. The zero-order valence-electron chi connectivity index (χ0n) is 15.4. The zero-order valence-corrected chi connectivity index (χ0v) is 16.9. The van der Waals surface area contributed by atoms with E-state index in [1.165, 1.54) is 29.5 Å². The van der Waals surface area contributed by atoms with Gasteiger partial charge in [-0.3, -0.25) is 14.9 Å². The molecule has 1 amide bonds. The number of thiophene rings is 1. The lowest BCUT2D eigenvalue weighted by Gasteiger charge is -2.17. The minimum Gasteiger partial charge on any atom is -0.444 e. The number of carbonyl (C=O) groups excluding carboxylic acids is 2. The fraction of sp³-hybridized carbons (Fsp3) is 0.0476. The van der Waals surface area contributed by atoms with Crippen molar-refractivity contribution in [3.8, 4) is 0 Å². The molecule has 0 aliphatic heterocycles. The summed E-state index contributed by atoms with van der Waals surface area (Å²) >= 11 is 7.50. The maximum Gasteiger partial charge on any atom is 0.331 e. The second-order valence-electron chi connectivity index (χ2n) is 5.99. The van der Waals surface area contributed by atoms with Crippen LogP contribution in [0, 0.1) is 10.1 Å². The smallest absolute Gasteiger partial charge is 0.331 e. The van der Waals surface area contributed by atoms with Gasteiger partial charge in [0.2, 0.25) is 6.10 Å². The van der Waals surface area contributed by atoms with Gasteiger partial charge in [-0.2, -0.15) is 0 Å². The molecule has 152 valence electrons. The van der Waals surface area contributed by atoms with Crippen LogP contribution in [0.2, 0.25) is 5.02 Å². The van der Waals surface area contributed by atoms with Crippen molar-refractivity contribution in [2.45, 2.75) is 6.10 Å². The average Bonchev–Trinajstić information content (AvgIpc) is 3.26. The first kappa shape index (κ1) is 21.2. The van der Waals surface area contributed by atoms with Crippen LogP contribution < -0.4 is 5.32 Å². The van der Waals surface area contributed by atoms with Gasteiger partial charge in [-0.1, -0.05) is 48.0 Å². The predicted molar refractivity (Wildman–Crippen MR) is 115 cm³/mol. The molecule has 1 aromatic heterocycles. The number of nitrogens with zero attached hydrogens (tertiary/aromatic N) is 1. The summed E-state index contributed by atoms with van der Waals surface area (Å²) in [6, 6.07) is 15.8. The number of hydrogen-bond acceptors (Lipinski definition) is 6. The van der Waals surface area contributed by atoms with Crippen LogP contribution in [0.5, 0.6) is 0 Å². The van der Waals surface area contributed by atoms with Gasteiger partial charge in [0.15, 0.2) is 0 Å². The molecule has 1 unspecified atom stereocenters. The highest BCUT2D eigenvalue weighted by molar-refractivity contribution is 7.10. The third kappa shape index (κ3) is 5.53. The molecule has 0 spiro atoms. The van der Waals surface area contributed by atoms with Crippen molar-refractivity contribution in [2.75, 3.05) is 5.32 Å². The van der Waals surface area contributed by atoms with E-state index in [0.29, 0.717) is 5.56 Å². The van der Waals surface area contributed by atoms with Crippen molar-refractivity contribution in [1.82, 2.24) is 0 Å². The molecule has 0 radical (unpaired) electrons. The summed E-state index contributed by atoms with van der Waals surface area (Å²) < 4.78 is 5.39. The van der Waals surface area contributed by atoms with Crippen molar-refractivity contribution in [3.05, 3.63) is 97.7 Å². The number of halogens is 1. The van der Waals surface area contributed by atoms with Crippen molar-refractivity contribution in [3.63, 3.8) is 0 Å². The van der Waals surface area contributed by atoms with Gasteiger partial charge in [0.1, 0.15) is 0 Å². The zero-order chi connectivity index (χ0) is 21.5. The highest BCUT2D eigenvalue weighted by atomic mass is 35.5. The maximum absolute atomic E-state index is 12.8. The molecule has 1 N–H and O–H groups in total. The van der Waals surface area contributed by atoms with Crippen LogP contribution in [-0.2, 0) is 14.3 Å². The number of non-ortho nitro benzene ring substituents is 1. The SMILES string of the molecule is O=C(/C=C/c1cccs1)OC(C(=O)Nc1ccc([N+](=O)[O-])cc1Cl)c1ccccc1. The number of anilines is 1. The Kier molecular flexibility index (Phi) is 6.95. The Balaban J connectivity index is 1.79. The number of nitro benzene ring substituents is 1. The summed E-state index contributed by atoms with van der Waals surface area (Å²) in [7, 11) is 0. The molecule has 0 fully saturated rings. The first-order valence-electron chi connectivity index (χ1n) is 8.66. The lowest BCUT2D eigenvalue weighted by molar-refractivity contribution is -0.384. The predicted octanol–water partition coefficient (Wildman–Crippen LogP) is 5.25. The van der Waals surface area contributed by atoms with E-state index in [2.05, 4.69) is 5.32 Å². The molecule has 1 heterocycles. The van der Waals surface area contributed by atoms with Gasteiger partial charge >= 0.3 is 5.97 Å². The topological polar surface area (TPSA) is 98.5 Å². The Morgan fingerprint density at radius 3 is 2.53 bits per heavy atom. The third-order valence-electron chi connectivity index (χ3n) is 3.92. The van der Waals surface area contributed by atoms with Crippen LogP contribution in [0.15, 0.2) is 72.1 Å². The second-order valence-corrected chi connectivity index (χ2v) is 7.37. The van der Waals surface area contributed by atoms with E-state index in [0.717, 1.165) is 10.9 Å². The fourth-order valence-electron chi connectivity index (χ4n) is 2.51. The van der Waals surface area contributed by atoms with E-state index in [-0.39, 0.29) is 16.4 Å². The van der Waals surface area contributed by atoms with Gasteiger partial charge in [-0.05, 0) is 23.6 Å². The Bertz CT molecular complexity index is 1080. The van der Waals surface area contributed by atoms with Gasteiger partial charge in [0, 0.05) is 28.6 Å². The van der Waals surface area contributed by atoms with Crippen molar-refractivity contribution in [2.24, 2.45) is 0 Å². The molecule has 0 aliphatic carbocycles. The van der Waals surface area contributed by atoms with E-state index in [9.17, 15) is 19.7 Å². The summed E-state index contributed by atoms with van der Waals surface area (Å²) in [6.07, 6.45) is 1.60. The minimum atomic E-state index is -1.24. The van der Waals surface area contributed by atoms with E-state index >= 15 is 0 Å². The Labute approximate surface area is 180 Å². The van der Waals surface area contributed by atoms with Gasteiger partial charge in [0.05, 0.1) is 15.6 Å². The van der Waals surface area contributed by atoms with Gasteiger partial charge in [-0.15, -0.1) is 11.3 Å². The normalized spacial score (nSPS) is 11.8. The van der Waals surface area contributed by atoms with E-state index in [1.807, 2.05) is 17.5 Å². The lowest BCUT2D eigenvalue weighted by atomic mass is 10.1. The van der Waals surface area contributed by atoms with E-state index < -0.39 is 22.9 Å². The minimum absolute atomic E-state index is 0.00622. The highest BCUT2D eigenvalue weighted by Crippen LogP contribution is 2.28. The summed E-state index contributed by atoms with van der Waals surface area (Å²) in [5.41, 5.74) is 0.423. The van der Waals surface area contributed by atoms with E-state index in [4.69, 9.17) is 16.3 Å². The molecular weight excluding hydrogens is 428 g/mol. The largest absolute Gasteiger partial charge is 0.444 e.